The van der Waals surface area contributed by atoms with Crippen LogP contribution in [-0.4, -0.2) is 54.9 Å². The van der Waals surface area contributed by atoms with Crippen LogP contribution in [-0.2, 0) is 33.2 Å². The Bertz CT molecular complexity index is 810. The first-order valence-electron chi connectivity index (χ1n) is 12.7. The summed E-state index contributed by atoms with van der Waals surface area (Å²) in [7, 11) is 1.65. The maximum Gasteiger partial charge on any atom is 0.302 e. The van der Waals surface area contributed by atoms with Crippen molar-refractivity contribution in [3.63, 3.8) is 0 Å². The largest absolute Gasteiger partial charge is 0.462 e. The highest BCUT2D eigenvalue weighted by Gasteiger charge is 2.75. The standard InChI is InChI=1S/C26H42O7/c1-15-14-17(29-16(2)27)18-22(3,4)10-9-11-24(18,7)26(15)13-12-25-19(31-23(5,6)33-25)20(28-8)30-21(25)32-26/h15,17-21H,9-14H2,1-8H3/t15-,17-,18+,19-,20-,21-,24+,25-,26-/m1/s1. The van der Waals surface area contributed by atoms with E-state index in [0.29, 0.717) is 0 Å². The van der Waals surface area contributed by atoms with Crippen LogP contribution in [0.4, 0.5) is 0 Å². The van der Waals surface area contributed by atoms with Crippen molar-refractivity contribution in [3.8, 4) is 0 Å². The van der Waals surface area contributed by atoms with Crippen LogP contribution in [0.1, 0.15) is 87.0 Å². The Kier molecular flexibility index (Phi) is 5.37. The fraction of sp³-hybridized carbons (Fsp3) is 0.962. The molecule has 0 unspecified atom stereocenters. The van der Waals surface area contributed by atoms with Crippen molar-refractivity contribution in [2.45, 2.75) is 129 Å². The van der Waals surface area contributed by atoms with Crippen LogP contribution in [0.5, 0.6) is 0 Å². The minimum atomic E-state index is -0.713. The molecule has 9 atom stereocenters. The summed E-state index contributed by atoms with van der Waals surface area (Å²) in [6, 6.07) is 0. The number of carbonyl (C=O) groups is 1. The molecule has 3 saturated heterocycles. The first-order chi connectivity index (χ1) is 15.3. The van der Waals surface area contributed by atoms with E-state index in [1.807, 2.05) is 13.8 Å². The first-order valence-corrected chi connectivity index (χ1v) is 12.7. The number of esters is 1. The second-order valence-corrected chi connectivity index (χ2v) is 12.6. The Morgan fingerprint density at radius 1 is 1.00 bits per heavy atom. The quantitative estimate of drug-likeness (QED) is 0.553. The van der Waals surface area contributed by atoms with Crippen LogP contribution in [0.25, 0.3) is 0 Å². The number of hydrogen-bond donors (Lipinski definition) is 0. The molecule has 7 nitrogen and oxygen atoms in total. The Balaban J connectivity index is 1.54. The lowest BCUT2D eigenvalue weighted by Gasteiger charge is -2.68. The molecule has 0 aromatic carbocycles. The highest BCUT2D eigenvalue weighted by molar-refractivity contribution is 5.66. The van der Waals surface area contributed by atoms with E-state index in [9.17, 15) is 4.79 Å². The molecule has 7 heteroatoms. The molecule has 5 aliphatic rings. The van der Waals surface area contributed by atoms with Crippen molar-refractivity contribution in [2.75, 3.05) is 7.11 Å². The summed E-state index contributed by atoms with van der Waals surface area (Å²) in [5, 5.41) is 0. The van der Waals surface area contributed by atoms with Gasteiger partial charge in [0.2, 0.25) is 0 Å². The van der Waals surface area contributed by atoms with Gasteiger partial charge >= 0.3 is 5.97 Å². The highest BCUT2D eigenvalue weighted by Crippen LogP contribution is 2.68. The molecule has 0 radical (unpaired) electrons. The van der Waals surface area contributed by atoms with Gasteiger partial charge in [-0.05, 0) is 57.3 Å². The molecule has 0 aromatic rings. The third kappa shape index (κ3) is 3.22. The molecule has 33 heavy (non-hydrogen) atoms. The summed E-state index contributed by atoms with van der Waals surface area (Å²) < 4.78 is 37.9. The van der Waals surface area contributed by atoms with Crippen molar-refractivity contribution in [1.82, 2.24) is 0 Å². The number of fused-ring (bicyclic) bond motifs is 2. The molecule has 188 valence electrons. The van der Waals surface area contributed by atoms with Crippen molar-refractivity contribution in [3.05, 3.63) is 0 Å². The van der Waals surface area contributed by atoms with E-state index in [4.69, 9.17) is 28.4 Å². The monoisotopic (exact) mass is 466 g/mol. The van der Waals surface area contributed by atoms with Gasteiger partial charge in [-0.25, -0.2) is 0 Å². The summed E-state index contributed by atoms with van der Waals surface area (Å²) in [5.41, 5.74) is -1.18. The van der Waals surface area contributed by atoms with Crippen molar-refractivity contribution in [1.29, 1.82) is 0 Å². The van der Waals surface area contributed by atoms with E-state index in [1.165, 1.54) is 6.92 Å². The van der Waals surface area contributed by atoms with Gasteiger partial charge in [-0.2, -0.15) is 0 Å². The molecule has 5 fully saturated rings. The molecule has 5 rings (SSSR count). The van der Waals surface area contributed by atoms with E-state index >= 15 is 0 Å². The van der Waals surface area contributed by atoms with Crippen molar-refractivity contribution < 1.29 is 33.2 Å². The molecule has 0 N–H and O–H groups in total. The van der Waals surface area contributed by atoms with Crippen molar-refractivity contribution >= 4 is 5.97 Å². The van der Waals surface area contributed by atoms with Gasteiger partial charge in [0, 0.05) is 25.4 Å². The number of ether oxygens (including phenoxy) is 6. The number of methoxy groups -OCH3 is 1. The van der Waals surface area contributed by atoms with Crippen LogP contribution in [0.3, 0.4) is 0 Å². The lowest BCUT2D eigenvalue weighted by atomic mass is 9.42. The molecule has 3 aliphatic heterocycles. The van der Waals surface area contributed by atoms with E-state index in [0.717, 1.165) is 38.5 Å². The lowest BCUT2D eigenvalue weighted by molar-refractivity contribution is -0.375. The van der Waals surface area contributed by atoms with Crippen LogP contribution in [0, 0.1) is 22.7 Å². The zero-order chi connectivity index (χ0) is 24.0. The second-order valence-electron chi connectivity index (χ2n) is 12.6. The van der Waals surface area contributed by atoms with E-state index in [-0.39, 0.29) is 40.8 Å². The van der Waals surface area contributed by atoms with Crippen LogP contribution < -0.4 is 0 Å². The third-order valence-electron chi connectivity index (χ3n) is 9.75. The maximum absolute atomic E-state index is 12.1. The first kappa shape index (κ1) is 24.0. The number of rotatable bonds is 2. The Labute approximate surface area is 198 Å². The van der Waals surface area contributed by atoms with Crippen LogP contribution in [0.2, 0.25) is 0 Å². The lowest BCUT2D eigenvalue weighted by Crippen LogP contribution is -2.71. The van der Waals surface area contributed by atoms with Crippen LogP contribution in [0.15, 0.2) is 0 Å². The topological polar surface area (TPSA) is 72.5 Å². The number of carbonyl (C=O) groups excluding carboxylic acids is 1. The molecule has 2 aliphatic carbocycles. The molecule has 0 aromatic heterocycles. The Morgan fingerprint density at radius 2 is 1.73 bits per heavy atom. The highest BCUT2D eigenvalue weighted by atomic mass is 16.9. The predicted molar refractivity (Wildman–Crippen MR) is 120 cm³/mol. The molecular weight excluding hydrogens is 424 g/mol. The van der Waals surface area contributed by atoms with Gasteiger partial charge < -0.3 is 28.4 Å². The Hall–Kier alpha value is -0.730. The summed E-state index contributed by atoms with van der Waals surface area (Å²) >= 11 is 0. The minimum absolute atomic E-state index is 0.0435. The average molecular weight is 467 g/mol. The predicted octanol–water partition coefficient (Wildman–Crippen LogP) is 4.56. The maximum atomic E-state index is 12.1. The minimum Gasteiger partial charge on any atom is -0.462 e. The van der Waals surface area contributed by atoms with E-state index in [1.54, 1.807) is 7.11 Å². The van der Waals surface area contributed by atoms with Gasteiger partial charge in [0.1, 0.15) is 12.2 Å². The average Bonchev–Trinajstić information content (AvgIpc) is 3.11. The van der Waals surface area contributed by atoms with E-state index in [2.05, 4.69) is 27.7 Å². The summed E-state index contributed by atoms with van der Waals surface area (Å²) in [4.78, 5) is 12.1. The molecule has 3 heterocycles. The van der Waals surface area contributed by atoms with Gasteiger partial charge in [0.05, 0.1) is 5.60 Å². The zero-order valence-corrected chi connectivity index (χ0v) is 21.6. The molecule has 0 bridgehead atoms. The van der Waals surface area contributed by atoms with Gasteiger partial charge in [0.15, 0.2) is 24.0 Å². The zero-order valence-electron chi connectivity index (χ0n) is 21.6. The third-order valence-corrected chi connectivity index (χ3v) is 9.75. The van der Waals surface area contributed by atoms with Crippen molar-refractivity contribution in [2.24, 2.45) is 22.7 Å². The summed E-state index contributed by atoms with van der Waals surface area (Å²) in [5.74, 6) is -0.497. The Morgan fingerprint density at radius 3 is 2.39 bits per heavy atom. The second kappa shape index (κ2) is 7.39. The van der Waals surface area contributed by atoms with Gasteiger partial charge in [0.25, 0.3) is 0 Å². The van der Waals surface area contributed by atoms with Gasteiger partial charge in [-0.1, -0.05) is 34.1 Å². The smallest absolute Gasteiger partial charge is 0.302 e. The fourth-order valence-corrected chi connectivity index (χ4v) is 8.79. The summed E-state index contributed by atoms with van der Waals surface area (Å²) in [6.45, 7) is 14.7. The van der Waals surface area contributed by atoms with E-state index < -0.39 is 29.6 Å². The number of hydrogen-bond acceptors (Lipinski definition) is 7. The molecule has 2 saturated carbocycles. The molecule has 0 amide bonds. The van der Waals surface area contributed by atoms with Gasteiger partial charge in [-0.3, -0.25) is 4.79 Å². The SMILES string of the molecule is CO[C@@H]1O[C@@H]2O[C@]3(CC[C@]24OC(C)(C)O[C@H]14)[C@H](C)C[C@@H](OC(C)=O)[C@H]1C(C)(C)CCC[C@@]13C. The fourth-order valence-electron chi connectivity index (χ4n) is 8.79. The van der Waals surface area contributed by atoms with Gasteiger partial charge in [-0.15, -0.1) is 0 Å². The normalized spacial score (nSPS) is 52.1. The molecule has 2 spiro atoms. The molecular formula is C26H42O7. The van der Waals surface area contributed by atoms with Crippen LogP contribution >= 0.6 is 0 Å². The summed E-state index contributed by atoms with van der Waals surface area (Å²) in [6.07, 6.45) is 4.24.